The van der Waals surface area contributed by atoms with Crippen molar-refractivity contribution in [3.05, 3.63) is 0 Å². The minimum atomic E-state index is -2.00. The van der Waals surface area contributed by atoms with Crippen LogP contribution < -0.4 is 0 Å². The molecular weight excluding hydrogens is 308 g/mol. The van der Waals surface area contributed by atoms with Crippen molar-refractivity contribution in [1.82, 2.24) is 4.90 Å². The Morgan fingerprint density at radius 1 is 1.22 bits per heavy atom. The van der Waals surface area contributed by atoms with Gasteiger partial charge in [-0.25, -0.2) is 4.79 Å². The van der Waals surface area contributed by atoms with Crippen molar-refractivity contribution < 1.29 is 14.0 Å². The lowest BCUT2D eigenvalue weighted by atomic mass is 10.2. The molecule has 0 saturated carbocycles. The van der Waals surface area contributed by atoms with Crippen molar-refractivity contribution in [1.29, 1.82) is 5.26 Å². The first kappa shape index (κ1) is 20.0. The molecule has 6 heteroatoms. The third-order valence-corrected chi connectivity index (χ3v) is 9.19. The number of rotatable bonds is 2. The number of nitrogens with zero attached hydrogens (tertiary/aromatic N) is 2. The third-order valence-electron chi connectivity index (χ3n) is 4.69. The summed E-state index contributed by atoms with van der Waals surface area (Å²) in [5.41, 5.74) is -0.574. The number of nitriles is 1. The number of carbonyl (C=O) groups excluding carboxylic acids is 1. The van der Waals surface area contributed by atoms with Gasteiger partial charge >= 0.3 is 6.09 Å². The highest BCUT2D eigenvalue weighted by Gasteiger charge is 2.48. The van der Waals surface area contributed by atoms with E-state index in [0.29, 0.717) is 6.42 Å². The van der Waals surface area contributed by atoms with Gasteiger partial charge in [-0.15, -0.1) is 0 Å². The Morgan fingerprint density at radius 3 is 2.13 bits per heavy atom. The van der Waals surface area contributed by atoms with E-state index in [-0.39, 0.29) is 17.2 Å². The average molecular weight is 341 g/mol. The first-order valence-electron chi connectivity index (χ1n) is 8.28. The van der Waals surface area contributed by atoms with E-state index in [1.54, 1.807) is 4.90 Å². The fourth-order valence-electron chi connectivity index (χ4n) is 2.45. The first-order chi connectivity index (χ1) is 10.2. The summed E-state index contributed by atoms with van der Waals surface area (Å²) >= 11 is 0. The Labute approximate surface area is 142 Å². The number of carbonyl (C=O) groups is 1. The summed E-state index contributed by atoms with van der Waals surface area (Å²) < 4.78 is 11.9. The zero-order chi connectivity index (χ0) is 18.2. The third kappa shape index (κ3) is 4.71. The van der Waals surface area contributed by atoms with Crippen molar-refractivity contribution in [2.75, 3.05) is 0 Å². The van der Waals surface area contributed by atoms with Gasteiger partial charge in [0.25, 0.3) is 0 Å². The van der Waals surface area contributed by atoms with Crippen LogP contribution in [0.2, 0.25) is 18.1 Å². The molecule has 0 aromatic heterocycles. The molecule has 1 saturated heterocycles. The van der Waals surface area contributed by atoms with Crippen LogP contribution in [0.15, 0.2) is 0 Å². The van der Waals surface area contributed by atoms with E-state index in [1.807, 2.05) is 27.7 Å². The van der Waals surface area contributed by atoms with E-state index >= 15 is 0 Å². The molecule has 0 N–H and O–H groups in total. The van der Waals surface area contributed by atoms with Gasteiger partial charge in [0.1, 0.15) is 11.6 Å². The molecule has 1 aliphatic heterocycles. The molecule has 0 aromatic carbocycles. The normalized spacial score (nSPS) is 26.1. The van der Waals surface area contributed by atoms with E-state index in [4.69, 9.17) is 9.16 Å². The van der Waals surface area contributed by atoms with Gasteiger partial charge in [0, 0.05) is 6.04 Å². The summed E-state index contributed by atoms with van der Waals surface area (Å²) in [5, 5.41) is 9.67. The fraction of sp³-hybridized carbons (Fsp3) is 0.882. The van der Waals surface area contributed by atoms with Crippen LogP contribution in [0.3, 0.4) is 0 Å². The molecule has 23 heavy (non-hydrogen) atoms. The van der Waals surface area contributed by atoms with E-state index in [9.17, 15) is 10.1 Å². The first-order valence-corrected chi connectivity index (χ1v) is 11.2. The zero-order valence-corrected chi connectivity index (χ0v) is 17.1. The summed E-state index contributed by atoms with van der Waals surface area (Å²) in [6, 6.07) is 1.60. The van der Waals surface area contributed by atoms with Crippen LogP contribution in [0.25, 0.3) is 0 Å². The van der Waals surface area contributed by atoms with Crippen LogP contribution >= 0.6 is 0 Å². The van der Waals surface area contributed by atoms with Crippen molar-refractivity contribution in [3.8, 4) is 6.07 Å². The zero-order valence-electron chi connectivity index (χ0n) is 16.1. The predicted molar refractivity (Wildman–Crippen MR) is 93.6 cm³/mol. The number of amides is 1. The smallest absolute Gasteiger partial charge is 0.411 e. The minimum absolute atomic E-state index is 0.0651. The van der Waals surface area contributed by atoms with E-state index in [0.717, 1.165) is 0 Å². The maximum atomic E-state index is 12.5. The number of likely N-dealkylation sites (tertiary alicyclic amines) is 1. The fourth-order valence-corrected chi connectivity index (χ4v) is 3.79. The highest BCUT2D eigenvalue weighted by molar-refractivity contribution is 6.74. The van der Waals surface area contributed by atoms with E-state index in [1.165, 1.54) is 0 Å². The van der Waals surface area contributed by atoms with Crippen LogP contribution in [0.1, 0.15) is 54.9 Å². The monoisotopic (exact) mass is 340 g/mol. The Morgan fingerprint density at radius 2 is 1.74 bits per heavy atom. The van der Waals surface area contributed by atoms with Crippen LogP contribution in [0, 0.1) is 11.3 Å². The summed E-state index contributed by atoms with van der Waals surface area (Å²) in [6.07, 6.45) is -0.00875. The molecule has 0 radical (unpaired) electrons. The summed E-state index contributed by atoms with van der Waals surface area (Å²) in [4.78, 5) is 14.0. The largest absolute Gasteiger partial charge is 0.444 e. The van der Waals surface area contributed by atoms with Gasteiger partial charge in [-0.2, -0.15) is 5.26 Å². The lowest BCUT2D eigenvalue weighted by molar-refractivity contribution is 0.0165. The van der Waals surface area contributed by atoms with Gasteiger partial charge in [-0.05, 0) is 52.2 Å². The SMILES string of the molecule is C[C@@H]1C[C@@H](O[Si](C)(C)C(C)(C)C)[C@H](C#N)N1C(=O)OC(C)(C)C. The lowest BCUT2D eigenvalue weighted by Crippen LogP contribution is -2.49. The van der Waals surface area contributed by atoms with Gasteiger partial charge in [-0.3, -0.25) is 4.90 Å². The molecule has 0 unspecified atom stereocenters. The van der Waals surface area contributed by atoms with Gasteiger partial charge in [0.2, 0.25) is 0 Å². The van der Waals surface area contributed by atoms with Crippen molar-refractivity contribution in [3.63, 3.8) is 0 Å². The van der Waals surface area contributed by atoms with Crippen LogP contribution in [-0.4, -0.2) is 43.1 Å². The van der Waals surface area contributed by atoms with Crippen molar-refractivity contribution >= 4 is 14.4 Å². The second-order valence-corrected chi connectivity index (χ2v) is 13.7. The highest BCUT2D eigenvalue weighted by atomic mass is 28.4. The number of hydrogen-bond acceptors (Lipinski definition) is 4. The van der Waals surface area contributed by atoms with Gasteiger partial charge in [-0.1, -0.05) is 20.8 Å². The summed E-state index contributed by atoms with van der Waals surface area (Å²) in [7, 11) is -2.00. The number of ether oxygens (including phenoxy) is 1. The Hall–Kier alpha value is -1.06. The predicted octanol–water partition coefficient (Wildman–Crippen LogP) is 4.30. The van der Waals surface area contributed by atoms with Gasteiger partial charge in [0.05, 0.1) is 12.2 Å². The molecular formula is C17H32N2O3Si. The molecule has 1 aliphatic rings. The Kier molecular flexibility index (Phi) is 5.60. The van der Waals surface area contributed by atoms with E-state index < -0.39 is 26.1 Å². The molecule has 1 fully saturated rings. The topological polar surface area (TPSA) is 62.6 Å². The maximum Gasteiger partial charge on any atom is 0.411 e. The maximum absolute atomic E-state index is 12.5. The second-order valence-electron chi connectivity index (χ2n) is 8.96. The molecule has 132 valence electrons. The molecule has 5 nitrogen and oxygen atoms in total. The molecule has 0 aliphatic carbocycles. The van der Waals surface area contributed by atoms with Crippen LogP contribution in [0.5, 0.6) is 0 Å². The van der Waals surface area contributed by atoms with Crippen molar-refractivity contribution in [2.45, 2.75) is 96.8 Å². The van der Waals surface area contributed by atoms with Crippen LogP contribution in [0.4, 0.5) is 4.79 Å². The highest BCUT2D eigenvalue weighted by Crippen LogP contribution is 2.40. The Bertz CT molecular complexity index is 486. The molecule has 1 heterocycles. The second kappa shape index (κ2) is 6.44. The van der Waals surface area contributed by atoms with Crippen LogP contribution in [-0.2, 0) is 9.16 Å². The minimum Gasteiger partial charge on any atom is -0.444 e. The lowest BCUT2D eigenvalue weighted by Gasteiger charge is -2.39. The molecule has 1 amide bonds. The summed E-state index contributed by atoms with van der Waals surface area (Å²) in [5.74, 6) is 0. The quantitative estimate of drug-likeness (QED) is 0.703. The standard InChI is InChI=1S/C17H32N2O3Si/c1-12-10-14(22-23(8,9)17(5,6)7)13(11-18)19(12)15(20)21-16(2,3)4/h12-14H,10H2,1-9H3/t12-,13+,14-/m1/s1. The van der Waals surface area contributed by atoms with Gasteiger partial charge in [0.15, 0.2) is 8.32 Å². The molecule has 1 rings (SSSR count). The average Bonchev–Trinajstić information content (AvgIpc) is 2.60. The van der Waals surface area contributed by atoms with Crippen molar-refractivity contribution in [2.24, 2.45) is 0 Å². The molecule has 0 aromatic rings. The molecule has 3 atom stereocenters. The summed E-state index contributed by atoms with van der Waals surface area (Å²) in [6.45, 7) is 18.3. The molecule has 0 bridgehead atoms. The Balaban J connectivity index is 2.96. The number of hydrogen-bond donors (Lipinski definition) is 0. The van der Waals surface area contributed by atoms with E-state index in [2.05, 4.69) is 39.9 Å². The molecule has 0 spiro atoms. The van der Waals surface area contributed by atoms with Gasteiger partial charge < -0.3 is 9.16 Å².